The molecule has 0 aliphatic carbocycles. The van der Waals surface area contributed by atoms with Gasteiger partial charge < -0.3 is 5.41 Å². The van der Waals surface area contributed by atoms with Crippen molar-refractivity contribution in [2.45, 2.75) is 53.4 Å². The van der Waals surface area contributed by atoms with Crippen molar-refractivity contribution < 1.29 is 4.79 Å². The fourth-order valence-corrected chi connectivity index (χ4v) is 1.79. The van der Waals surface area contributed by atoms with E-state index in [-0.39, 0.29) is 11.7 Å². The van der Waals surface area contributed by atoms with Gasteiger partial charge in [-0.3, -0.25) is 4.79 Å². The van der Waals surface area contributed by atoms with Gasteiger partial charge in [0.2, 0.25) is 0 Å². The van der Waals surface area contributed by atoms with Gasteiger partial charge >= 0.3 is 0 Å². The third kappa shape index (κ3) is 5.24. The Hall–Kier alpha value is -0.920. The maximum absolute atomic E-state index is 11.5. The van der Waals surface area contributed by atoms with E-state index in [0.29, 0.717) is 5.92 Å². The van der Waals surface area contributed by atoms with Crippen molar-refractivity contribution in [1.29, 1.82) is 5.41 Å². The number of nitrogens with one attached hydrogen (secondary N) is 1. The largest absolute Gasteiger partial charge is 0.310 e. The molecule has 0 radical (unpaired) electrons. The summed E-state index contributed by atoms with van der Waals surface area (Å²) in [5.41, 5.74) is 1.78. The van der Waals surface area contributed by atoms with Crippen molar-refractivity contribution in [1.82, 2.24) is 0 Å². The van der Waals surface area contributed by atoms with Gasteiger partial charge in [0.05, 0.1) is 0 Å². The first-order valence-corrected chi connectivity index (χ1v) is 6.13. The van der Waals surface area contributed by atoms with E-state index in [0.717, 1.165) is 37.0 Å². The third-order valence-electron chi connectivity index (χ3n) is 3.31. The molecule has 0 spiro atoms. The van der Waals surface area contributed by atoms with Crippen LogP contribution in [-0.2, 0) is 4.79 Å². The number of carbonyl (C=O) groups excluding carboxylic acids is 1. The second-order valence-electron chi connectivity index (χ2n) is 4.69. The topological polar surface area (TPSA) is 40.9 Å². The number of hydrogen-bond acceptors (Lipinski definition) is 2. The minimum atomic E-state index is 0.0308. The molecule has 0 saturated heterocycles. The van der Waals surface area contributed by atoms with Crippen LogP contribution in [0.2, 0.25) is 0 Å². The molecule has 0 aliphatic rings. The second-order valence-corrected chi connectivity index (χ2v) is 4.69. The van der Waals surface area contributed by atoms with Crippen LogP contribution in [0.25, 0.3) is 0 Å². The van der Waals surface area contributed by atoms with Crippen LogP contribution in [0.3, 0.4) is 0 Å². The number of rotatable bonds is 8. The Balaban J connectivity index is 4.09. The molecule has 0 amide bonds. The zero-order valence-corrected chi connectivity index (χ0v) is 11.1. The molecule has 0 bridgehead atoms. The molecule has 1 N–H and O–H groups in total. The molecule has 0 heterocycles. The average Bonchev–Trinajstić information content (AvgIpc) is 2.22. The molecule has 0 aromatic heterocycles. The van der Waals surface area contributed by atoms with E-state index in [1.807, 2.05) is 13.8 Å². The van der Waals surface area contributed by atoms with Gasteiger partial charge in [-0.15, -0.1) is 0 Å². The minimum Gasteiger partial charge on any atom is -0.310 e. The molecule has 16 heavy (non-hydrogen) atoms. The lowest BCUT2D eigenvalue weighted by molar-refractivity contribution is -0.119. The third-order valence-corrected chi connectivity index (χ3v) is 3.31. The first-order chi connectivity index (χ1) is 7.40. The summed E-state index contributed by atoms with van der Waals surface area (Å²) in [4.78, 5) is 11.5. The highest BCUT2D eigenvalue weighted by Crippen LogP contribution is 2.22. The smallest absolute Gasteiger partial charge is 0.136 e. The fraction of sp³-hybridized carbons (Fsp3) is 0.714. The van der Waals surface area contributed by atoms with E-state index in [4.69, 9.17) is 5.41 Å². The molecule has 0 aromatic rings. The molecule has 92 valence electrons. The van der Waals surface area contributed by atoms with Crippen LogP contribution in [0.4, 0.5) is 0 Å². The Labute approximate surface area is 99.6 Å². The van der Waals surface area contributed by atoms with E-state index >= 15 is 0 Å². The Bertz CT molecular complexity index is 268. The maximum Gasteiger partial charge on any atom is 0.136 e. The summed E-state index contributed by atoms with van der Waals surface area (Å²) in [6, 6.07) is 0. The van der Waals surface area contributed by atoms with Crippen molar-refractivity contribution in [3.05, 3.63) is 12.2 Å². The summed E-state index contributed by atoms with van der Waals surface area (Å²) in [7, 11) is 0. The van der Waals surface area contributed by atoms with Gasteiger partial charge in [0.1, 0.15) is 5.78 Å². The van der Waals surface area contributed by atoms with Gasteiger partial charge in [-0.2, -0.15) is 0 Å². The zero-order valence-electron chi connectivity index (χ0n) is 11.1. The van der Waals surface area contributed by atoms with E-state index in [1.54, 1.807) is 6.92 Å². The molecule has 0 saturated carbocycles. The minimum absolute atomic E-state index is 0.0308. The van der Waals surface area contributed by atoms with E-state index in [9.17, 15) is 4.79 Å². The Morgan fingerprint density at radius 1 is 1.31 bits per heavy atom. The molecular formula is C14H25NO. The van der Waals surface area contributed by atoms with E-state index < -0.39 is 0 Å². The summed E-state index contributed by atoms with van der Waals surface area (Å²) >= 11 is 0. The standard InChI is InChI=1S/C14H25NO/c1-6-10(2)14(13(5)16)9-7-8-11(3)12(4)15/h11,14-15H,2,6-9H2,1,3-5H3/t11?,14-/m1/s1. The fourth-order valence-electron chi connectivity index (χ4n) is 1.79. The molecule has 2 atom stereocenters. The number of allylic oxidation sites excluding steroid dienone is 1. The number of ketones is 1. The maximum atomic E-state index is 11.5. The molecule has 2 heteroatoms. The SMILES string of the molecule is C=C(CC)[C@@H](CCCC(C)C(C)=N)C(C)=O. The van der Waals surface area contributed by atoms with Gasteiger partial charge in [-0.25, -0.2) is 0 Å². The molecule has 2 nitrogen and oxygen atoms in total. The van der Waals surface area contributed by atoms with Crippen LogP contribution in [0.1, 0.15) is 53.4 Å². The summed E-state index contributed by atoms with van der Waals surface area (Å²) in [6.45, 7) is 11.6. The van der Waals surface area contributed by atoms with Gasteiger partial charge in [-0.1, -0.05) is 32.4 Å². The number of Topliss-reactive ketones (excluding diaryl/α,β-unsaturated/α-hetero) is 1. The molecule has 1 unspecified atom stereocenters. The lowest BCUT2D eigenvalue weighted by Gasteiger charge is -2.16. The number of carbonyl (C=O) groups is 1. The van der Waals surface area contributed by atoms with Crippen molar-refractivity contribution in [2.24, 2.45) is 11.8 Å². The predicted octanol–water partition coefficient (Wildman–Crippen LogP) is 4.00. The molecule has 0 aromatic carbocycles. The van der Waals surface area contributed by atoms with Crippen LogP contribution in [0.5, 0.6) is 0 Å². The van der Waals surface area contributed by atoms with Crippen LogP contribution >= 0.6 is 0 Å². The Morgan fingerprint density at radius 3 is 2.25 bits per heavy atom. The second kappa shape index (κ2) is 7.37. The van der Waals surface area contributed by atoms with Crippen LogP contribution in [0, 0.1) is 17.2 Å². The van der Waals surface area contributed by atoms with Gasteiger partial charge in [0.15, 0.2) is 0 Å². The van der Waals surface area contributed by atoms with Gasteiger partial charge in [0, 0.05) is 11.6 Å². The van der Waals surface area contributed by atoms with Gasteiger partial charge in [0.25, 0.3) is 0 Å². The quantitative estimate of drug-likeness (QED) is 0.490. The van der Waals surface area contributed by atoms with Crippen LogP contribution in [-0.4, -0.2) is 11.5 Å². The van der Waals surface area contributed by atoms with Crippen molar-refractivity contribution in [3.63, 3.8) is 0 Å². The highest BCUT2D eigenvalue weighted by Gasteiger charge is 2.16. The lowest BCUT2D eigenvalue weighted by atomic mass is 9.88. The average molecular weight is 223 g/mol. The predicted molar refractivity (Wildman–Crippen MR) is 70.0 cm³/mol. The van der Waals surface area contributed by atoms with E-state index in [1.165, 1.54) is 0 Å². The van der Waals surface area contributed by atoms with E-state index in [2.05, 4.69) is 13.5 Å². The molecule has 0 aliphatic heterocycles. The summed E-state index contributed by atoms with van der Waals surface area (Å²) in [5.74, 6) is 0.594. The summed E-state index contributed by atoms with van der Waals surface area (Å²) in [5, 5.41) is 7.51. The van der Waals surface area contributed by atoms with Crippen molar-refractivity contribution >= 4 is 11.5 Å². The Kier molecular flexibility index (Phi) is 6.95. The van der Waals surface area contributed by atoms with Gasteiger partial charge in [-0.05, 0) is 39.0 Å². The van der Waals surface area contributed by atoms with Crippen molar-refractivity contribution in [2.75, 3.05) is 0 Å². The summed E-state index contributed by atoms with van der Waals surface area (Å²) in [6.07, 6.45) is 3.76. The summed E-state index contributed by atoms with van der Waals surface area (Å²) < 4.78 is 0. The Morgan fingerprint density at radius 2 is 1.88 bits per heavy atom. The zero-order chi connectivity index (χ0) is 12.7. The first-order valence-electron chi connectivity index (χ1n) is 6.13. The highest BCUT2D eigenvalue weighted by atomic mass is 16.1. The highest BCUT2D eigenvalue weighted by molar-refractivity contribution is 5.81. The van der Waals surface area contributed by atoms with Crippen molar-refractivity contribution in [3.8, 4) is 0 Å². The molecule has 0 rings (SSSR count). The van der Waals surface area contributed by atoms with Crippen LogP contribution < -0.4 is 0 Å². The number of hydrogen-bond donors (Lipinski definition) is 1. The molecular weight excluding hydrogens is 198 g/mol. The first kappa shape index (κ1) is 15.1. The normalized spacial score (nSPS) is 14.2. The van der Waals surface area contributed by atoms with Crippen LogP contribution in [0.15, 0.2) is 12.2 Å². The molecule has 0 fully saturated rings. The monoisotopic (exact) mass is 223 g/mol. The lowest BCUT2D eigenvalue weighted by Crippen LogP contribution is -2.14.